The van der Waals surface area contributed by atoms with Crippen LogP contribution < -0.4 is 0 Å². The number of carbonyl (C=O) groups is 1. The molecule has 0 radical (unpaired) electrons. The molecule has 0 aliphatic heterocycles. The Labute approximate surface area is 113 Å². The maximum absolute atomic E-state index is 12.1. The highest BCUT2D eigenvalue weighted by Gasteiger charge is 2.13. The highest BCUT2D eigenvalue weighted by atomic mass is 79.9. The molecular weight excluding hydrogens is 298 g/mol. The van der Waals surface area contributed by atoms with E-state index >= 15 is 0 Å². The highest BCUT2D eigenvalue weighted by Crippen LogP contribution is 2.24. The first-order valence-electron chi connectivity index (χ1n) is 5.29. The van der Waals surface area contributed by atoms with Gasteiger partial charge in [0.25, 0.3) is 5.91 Å². The third-order valence-corrected chi connectivity index (χ3v) is 3.18. The third-order valence-electron chi connectivity index (χ3n) is 2.51. The van der Waals surface area contributed by atoms with E-state index in [2.05, 4.69) is 26.1 Å². The lowest BCUT2D eigenvalue weighted by Crippen LogP contribution is -2.25. The van der Waals surface area contributed by atoms with Crippen molar-refractivity contribution in [3.8, 4) is 5.75 Å². The van der Waals surface area contributed by atoms with Crippen LogP contribution in [-0.4, -0.2) is 33.2 Å². The van der Waals surface area contributed by atoms with Crippen LogP contribution in [0.3, 0.4) is 0 Å². The Hall–Kier alpha value is -1.82. The third kappa shape index (κ3) is 2.70. The van der Waals surface area contributed by atoms with Crippen LogP contribution in [0.4, 0.5) is 0 Å². The van der Waals surface area contributed by atoms with Crippen molar-refractivity contribution >= 4 is 21.8 Å². The first-order chi connectivity index (χ1) is 8.58. The fourth-order valence-electron chi connectivity index (χ4n) is 1.58. The van der Waals surface area contributed by atoms with Crippen molar-refractivity contribution in [2.24, 2.45) is 0 Å². The van der Waals surface area contributed by atoms with Crippen LogP contribution in [0.1, 0.15) is 15.9 Å². The molecule has 1 aromatic heterocycles. The summed E-state index contributed by atoms with van der Waals surface area (Å²) in [6.45, 7) is 0.464. The van der Waals surface area contributed by atoms with Crippen LogP contribution in [0.5, 0.6) is 5.75 Å². The minimum atomic E-state index is -0.154. The van der Waals surface area contributed by atoms with Gasteiger partial charge in [0.1, 0.15) is 5.75 Å². The number of aromatic hydroxyl groups is 1. The molecule has 0 atom stereocenters. The van der Waals surface area contributed by atoms with Gasteiger partial charge in [-0.15, -0.1) is 0 Å². The zero-order valence-electron chi connectivity index (χ0n) is 9.72. The first kappa shape index (κ1) is 12.6. The Kier molecular flexibility index (Phi) is 3.66. The van der Waals surface area contributed by atoms with Crippen LogP contribution in [0.25, 0.3) is 0 Å². The van der Waals surface area contributed by atoms with Crippen molar-refractivity contribution in [1.29, 1.82) is 0 Å². The number of aromatic amines is 1. The molecule has 0 spiro atoms. The van der Waals surface area contributed by atoms with Crippen molar-refractivity contribution in [2.75, 3.05) is 7.05 Å². The topological polar surface area (TPSA) is 69.2 Å². The number of aromatic nitrogens is 2. The second kappa shape index (κ2) is 5.22. The zero-order valence-corrected chi connectivity index (χ0v) is 11.3. The molecule has 2 aromatic rings. The fourth-order valence-corrected chi connectivity index (χ4v) is 1.82. The molecule has 0 saturated heterocycles. The second-order valence-electron chi connectivity index (χ2n) is 3.93. The van der Waals surface area contributed by atoms with E-state index in [4.69, 9.17) is 0 Å². The summed E-state index contributed by atoms with van der Waals surface area (Å²) < 4.78 is 0.566. The lowest BCUT2D eigenvalue weighted by molar-refractivity contribution is 0.0784. The molecular formula is C12H12BrN3O2. The predicted octanol–water partition coefficient (Wildman–Crippen LogP) is 2.15. The minimum absolute atomic E-state index is 0.0533. The van der Waals surface area contributed by atoms with Gasteiger partial charge in [0.05, 0.1) is 10.7 Å². The van der Waals surface area contributed by atoms with E-state index in [0.717, 1.165) is 5.56 Å². The molecule has 18 heavy (non-hydrogen) atoms. The molecule has 1 aromatic carbocycles. The van der Waals surface area contributed by atoms with Gasteiger partial charge in [0, 0.05) is 30.9 Å². The van der Waals surface area contributed by atoms with Crippen LogP contribution >= 0.6 is 15.9 Å². The molecule has 0 bridgehead atoms. The standard InChI is InChI=1S/C12H12BrN3O2/c1-16(7-8-5-14-15-6-8)12(18)9-2-3-10(13)11(17)4-9/h2-6,17H,7H2,1H3,(H,14,15). The zero-order chi connectivity index (χ0) is 13.1. The Balaban J connectivity index is 2.12. The van der Waals surface area contributed by atoms with Crippen molar-refractivity contribution in [3.05, 3.63) is 46.2 Å². The van der Waals surface area contributed by atoms with Crippen LogP contribution in [0.2, 0.25) is 0 Å². The molecule has 5 nitrogen and oxygen atoms in total. The maximum Gasteiger partial charge on any atom is 0.254 e. The molecule has 0 aliphatic carbocycles. The number of nitrogens with one attached hydrogen (secondary N) is 1. The molecule has 2 N–H and O–H groups in total. The number of amides is 1. The van der Waals surface area contributed by atoms with Gasteiger partial charge in [0.15, 0.2) is 0 Å². The number of hydrogen-bond donors (Lipinski definition) is 2. The number of nitrogens with zero attached hydrogens (tertiary/aromatic N) is 2. The number of carbonyl (C=O) groups excluding carboxylic acids is 1. The monoisotopic (exact) mass is 309 g/mol. The summed E-state index contributed by atoms with van der Waals surface area (Å²) in [6.07, 6.45) is 3.41. The largest absolute Gasteiger partial charge is 0.507 e. The van der Waals surface area contributed by atoms with Crippen LogP contribution in [-0.2, 0) is 6.54 Å². The second-order valence-corrected chi connectivity index (χ2v) is 4.79. The Bertz CT molecular complexity index is 554. The van der Waals surface area contributed by atoms with Gasteiger partial charge in [-0.2, -0.15) is 5.10 Å². The Morgan fingerprint density at radius 3 is 2.94 bits per heavy atom. The predicted molar refractivity (Wildman–Crippen MR) is 70.2 cm³/mol. The van der Waals surface area contributed by atoms with E-state index in [0.29, 0.717) is 16.6 Å². The first-order valence-corrected chi connectivity index (χ1v) is 6.09. The van der Waals surface area contributed by atoms with Crippen molar-refractivity contribution in [1.82, 2.24) is 15.1 Å². The van der Waals surface area contributed by atoms with Gasteiger partial charge in [-0.1, -0.05) is 0 Å². The number of hydrogen-bond acceptors (Lipinski definition) is 3. The molecule has 94 valence electrons. The Morgan fingerprint density at radius 2 is 2.33 bits per heavy atom. The summed E-state index contributed by atoms with van der Waals surface area (Å²) >= 11 is 3.18. The van der Waals surface area contributed by atoms with Gasteiger partial charge in [-0.05, 0) is 34.1 Å². The van der Waals surface area contributed by atoms with E-state index in [9.17, 15) is 9.90 Å². The van der Waals surface area contributed by atoms with E-state index < -0.39 is 0 Å². The highest BCUT2D eigenvalue weighted by molar-refractivity contribution is 9.10. The number of halogens is 1. The number of H-pyrrole nitrogens is 1. The van der Waals surface area contributed by atoms with Gasteiger partial charge in [-0.3, -0.25) is 9.89 Å². The van der Waals surface area contributed by atoms with E-state index in [1.165, 1.54) is 6.07 Å². The lowest BCUT2D eigenvalue weighted by atomic mass is 10.2. The minimum Gasteiger partial charge on any atom is -0.507 e. The molecule has 0 aliphatic rings. The molecule has 0 fully saturated rings. The van der Waals surface area contributed by atoms with Gasteiger partial charge >= 0.3 is 0 Å². The number of phenols is 1. The summed E-state index contributed by atoms with van der Waals surface area (Å²) in [5, 5.41) is 16.1. The SMILES string of the molecule is CN(Cc1cn[nH]c1)C(=O)c1ccc(Br)c(O)c1. The van der Waals surface area contributed by atoms with E-state index in [-0.39, 0.29) is 11.7 Å². The average Bonchev–Trinajstić information content (AvgIpc) is 2.84. The van der Waals surface area contributed by atoms with Crippen LogP contribution in [0.15, 0.2) is 35.1 Å². The summed E-state index contributed by atoms with van der Waals surface area (Å²) in [6, 6.07) is 4.75. The molecule has 1 amide bonds. The van der Waals surface area contributed by atoms with Crippen molar-refractivity contribution < 1.29 is 9.90 Å². The quantitative estimate of drug-likeness (QED) is 0.912. The maximum atomic E-state index is 12.1. The summed E-state index contributed by atoms with van der Waals surface area (Å²) in [5.41, 5.74) is 1.37. The lowest BCUT2D eigenvalue weighted by Gasteiger charge is -2.16. The Morgan fingerprint density at radius 1 is 1.56 bits per heavy atom. The van der Waals surface area contributed by atoms with E-state index in [1.807, 2.05) is 0 Å². The van der Waals surface area contributed by atoms with E-state index in [1.54, 1.807) is 36.5 Å². The number of phenolic OH excluding ortho intramolecular Hbond substituents is 1. The van der Waals surface area contributed by atoms with Gasteiger partial charge in [0.2, 0.25) is 0 Å². The summed E-state index contributed by atoms with van der Waals surface area (Å²) in [4.78, 5) is 13.7. The normalized spacial score (nSPS) is 10.3. The van der Waals surface area contributed by atoms with Crippen molar-refractivity contribution in [3.63, 3.8) is 0 Å². The summed E-state index contributed by atoms with van der Waals surface area (Å²) in [7, 11) is 1.70. The molecule has 0 unspecified atom stereocenters. The van der Waals surface area contributed by atoms with Gasteiger partial charge in [-0.25, -0.2) is 0 Å². The van der Waals surface area contributed by atoms with Crippen molar-refractivity contribution in [2.45, 2.75) is 6.54 Å². The average molecular weight is 310 g/mol. The molecule has 1 heterocycles. The summed E-state index contributed by atoms with van der Waals surface area (Å²) in [5.74, 6) is -0.100. The number of rotatable bonds is 3. The fraction of sp³-hybridized carbons (Fsp3) is 0.167. The van der Waals surface area contributed by atoms with Gasteiger partial charge < -0.3 is 10.0 Å². The smallest absolute Gasteiger partial charge is 0.254 e. The molecule has 6 heteroatoms. The molecule has 0 saturated carbocycles. The number of benzene rings is 1. The molecule has 2 rings (SSSR count). The van der Waals surface area contributed by atoms with Crippen LogP contribution in [0, 0.1) is 0 Å².